The first-order chi connectivity index (χ1) is 7.49. The molecule has 0 aliphatic carbocycles. The first-order valence-corrected chi connectivity index (χ1v) is 6.07. The molecule has 0 spiro atoms. The van der Waals surface area contributed by atoms with Gasteiger partial charge in [0.1, 0.15) is 0 Å². The van der Waals surface area contributed by atoms with Crippen molar-refractivity contribution in [3.63, 3.8) is 0 Å². The van der Waals surface area contributed by atoms with Gasteiger partial charge in [0.15, 0.2) is 0 Å². The van der Waals surface area contributed by atoms with Crippen molar-refractivity contribution in [2.24, 2.45) is 0 Å². The van der Waals surface area contributed by atoms with E-state index in [9.17, 15) is 5.11 Å². The largest absolute Gasteiger partial charge is 0.387 e. The minimum absolute atomic E-state index is 0.106. The summed E-state index contributed by atoms with van der Waals surface area (Å²) in [5, 5.41) is 14.4. The molecular formula is C13H18ClNO. The Bertz CT molecular complexity index is 378. The molecule has 2 nitrogen and oxygen atoms in total. The summed E-state index contributed by atoms with van der Waals surface area (Å²) in [6.07, 6.45) is 1.55. The Balaban J connectivity index is 2.15. The molecule has 1 fully saturated rings. The number of rotatable bonds is 2. The number of hydrogen-bond donors (Lipinski definition) is 2. The van der Waals surface area contributed by atoms with E-state index in [0.717, 1.165) is 18.4 Å². The van der Waals surface area contributed by atoms with E-state index in [1.165, 1.54) is 0 Å². The molecule has 0 bridgehead atoms. The fourth-order valence-corrected chi connectivity index (χ4v) is 2.58. The second-order valence-electron chi connectivity index (χ2n) is 5.14. The third kappa shape index (κ3) is 2.40. The lowest BCUT2D eigenvalue weighted by molar-refractivity contribution is 0.132. The van der Waals surface area contributed by atoms with Gasteiger partial charge in [-0.3, -0.25) is 0 Å². The summed E-state index contributed by atoms with van der Waals surface area (Å²) in [7, 11) is 0. The fraction of sp³-hybridized carbons (Fsp3) is 0.538. The standard InChI is InChI=1S/C13H18ClNO/c1-13(2)8-7-11(15-13)12(16)9-5-3-4-6-10(9)14/h3-6,11-12,15-16H,7-8H2,1-2H3/t11-,12-/m1/s1. The van der Waals surface area contributed by atoms with E-state index in [-0.39, 0.29) is 11.6 Å². The van der Waals surface area contributed by atoms with E-state index in [0.29, 0.717) is 5.02 Å². The van der Waals surface area contributed by atoms with Gasteiger partial charge in [-0.1, -0.05) is 29.8 Å². The maximum atomic E-state index is 10.3. The molecule has 1 aliphatic rings. The van der Waals surface area contributed by atoms with Crippen LogP contribution in [-0.4, -0.2) is 16.7 Å². The van der Waals surface area contributed by atoms with Crippen LogP contribution in [0.25, 0.3) is 0 Å². The Morgan fingerprint density at radius 3 is 2.69 bits per heavy atom. The Kier molecular flexibility index (Phi) is 3.24. The van der Waals surface area contributed by atoms with Crippen LogP contribution in [-0.2, 0) is 0 Å². The van der Waals surface area contributed by atoms with E-state index in [2.05, 4.69) is 19.2 Å². The van der Waals surface area contributed by atoms with Gasteiger partial charge >= 0.3 is 0 Å². The van der Waals surface area contributed by atoms with Crippen molar-refractivity contribution >= 4 is 11.6 Å². The summed E-state index contributed by atoms with van der Waals surface area (Å²) >= 11 is 6.08. The molecule has 0 aromatic heterocycles. The summed E-state index contributed by atoms with van der Waals surface area (Å²) in [5.74, 6) is 0. The van der Waals surface area contributed by atoms with Crippen LogP contribution < -0.4 is 5.32 Å². The van der Waals surface area contributed by atoms with E-state index >= 15 is 0 Å². The maximum absolute atomic E-state index is 10.3. The van der Waals surface area contributed by atoms with E-state index in [1.54, 1.807) is 0 Å². The lowest BCUT2D eigenvalue weighted by Gasteiger charge is -2.24. The molecular weight excluding hydrogens is 222 g/mol. The smallest absolute Gasteiger partial charge is 0.0957 e. The average molecular weight is 240 g/mol. The highest BCUT2D eigenvalue weighted by Crippen LogP contribution is 2.32. The van der Waals surface area contributed by atoms with Crippen LogP contribution >= 0.6 is 11.6 Å². The highest BCUT2D eigenvalue weighted by molar-refractivity contribution is 6.31. The predicted octanol–water partition coefficient (Wildman–Crippen LogP) is 2.90. The van der Waals surface area contributed by atoms with Crippen molar-refractivity contribution in [2.75, 3.05) is 0 Å². The minimum atomic E-state index is -0.518. The number of aliphatic hydroxyl groups is 1. The van der Waals surface area contributed by atoms with Crippen LogP contribution in [0.5, 0.6) is 0 Å². The molecule has 16 heavy (non-hydrogen) atoms. The summed E-state index contributed by atoms with van der Waals surface area (Å²) in [4.78, 5) is 0. The van der Waals surface area contributed by atoms with E-state index in [4.69, 9.17) is 11.6 Å². The van der Waals surface area contributed by atoms with Gasteiger partial charge in [-0.2, -0.15) is 0 Å². The average Bonchev–Trinajstić information content (AvgIpc) is 2.59. The first-order valence-electron chi connectivity index (χ1n) is 5.70. The van der Waals surface area contributed by atoms with Crippen LogP contribution in [0.15, 0.2) is 24.3 Å². The van der Waals surface area contributed by atoms with Crippen molar-refractivity contribution in [1.82, 2.24) is 5.32 Å². The molecule has 1 aromatic carbocycles. The minimum Gasteiger partial charge on any atom is -0.387 e. The molecule has 3 heteroatoms. The zero-order valence-electron chi connectivity index (χ0n) is 9.70. The van der Waals surface area contributed by atoms with Gasteiger partial charge in [0, 0.05) is 22.2 Å². The first kappa shape index (κ1) is 11.9. The second kappa shape index (κ2) is 4.36. The van der Waals surface area contributed by atoms with Crippen LogP contribution in [0.1, 0.15) is 38.4 Å². The van der Waals surface area contributed by atoms with Crippen LogP contribution in [0, 0.1) is 0 Å². The highest BCUT2D eigenvalue weighted by atomic mass is 35.5. The van der Waals surface area contributed by atoms with Crippen molar-refractivity contribution in [3.05, 3.63) is 34.9 Å². The van der Waals surface area contributed by atoms with Crippen LogP contribution in [0.2, 0.25) is 5.02 Å². The van der Waals surface area contributed by atoms with Crippen molar-refractivity contribution in [3.8, 4) is 0 Å². The Hall–Kier alpha value is -0.570. The SMILES string of the molecule is CC1(C)CC[C@H]([C@H](O)c2ccccc2Cl)N1. The Labute approximate surface area is 102 Å². The summed E-state index contributed by atoms with van der Waals surface area (Å²) in [6.45, 7) is 4.32. The zero-order chi connectivity index (χ0) is 11.8. The van der Waals surface area contributed by atoms with E-state index < -0.39 is 6.10 Å². The van der Waals surface area contributed by atoms with Crippen LogP contribution in [0.3, 0.4) is 0 Å². The normalized spacial score (nSPS) is 25.6. The van der Waals surface area contributed by atoms with Gasteiger partial charge < -0.3 is 10.4 Å². The topological polar surface area (TPSA) is 32.3 Å². The van der Waals surface area contributed by atoms with E-state index in [1.807, 2.05) is 24.3 Å². The van der Waals surface area contributed by atoms with Crippen molar-refractivity contribution < 1.29 is 5.11 Å². The molecule has 1 saturated heterocycles. The molecule has 0 amide bonds. The third-order valence-corrected chi connectivity index (χ3v) is 3.61. The van der Waals surface area contributed by atoms with Gasteiger partial charge in [-0.25, -0.2) is 0 Å². The Morgan fingerprint density at radius 1 is 1.44 bits per heavy atom. The summed E-state index contributed by atoms with van der Waals surface area (Å²) in [6, 6.07) is 7.60. The Morgan fingerprint density at radius 2 is 2.12 bits per heavy atom. The molecule has 0 saturated carbocycles. The molecule has 2 N–H and O–H groups in total. The molecule has 0 radical (unpaired) electrons. The second-order valence-corrected chi connectivity index (χ2v) is 5.55. The zero-order valence-corrected chi connectivity index (χ0v) is 10.5. The monoisotopic (exact) mass is 239 g/mol. The molecule has 88 valence electrons. The van der Waals surface area contributed by atoms with Gasteiger partial charge in [-0.15, -0.1) is 0 Å². The van der Waals surface area contributed by atoms with Crippen molar-refractivity contribution in [1.29, 1.82) is 0 Å². The maximum Gasteiger partial charge on any atom is 0.0957 e. The highest BCUT2D eigenvalue weighted by Gasteiger charge is 2.34. The predicted molar refractivity (Wildman–Crippen MR) is 66.6 cm³/mol. The summed E-state index contributed by atoms with van der Waals surface area (Å²) < 4.78 is 0. The number of hydrogen-bond acceptors (Lipinski definition) is 2. The van der Waals surface area contributed by atoms with Gasteiger partial charge in [0.05, 0.1) is 6.10 Å². The molecule has 1 heterocycles. The molecule has 0 unspecified atom stereocenters. The molecule has 1 aromatic rings. The fourth-order valence-electron chi connectivity index (χ4n) is 2.33. The lowest BCUT2D eigenvalue weighted by Crippen LogP contribution is -2.40. The van der Waals surface area contributed by atoms with Gasteiger partial charge in [-0.05, 0) is 32.8 Å². The van der Waals surface area contributed by atoms with Gasteiger partial charge in [0.2, 0.25) is 0 Å². The number of halogens is 1. The third-order valence-electron chi connectivity index (χ3n) is 3.26. The van der Waals surface area contributed by atoms with Crippen LogP contribution in [0.4, 0.5) is 0 Å². The van der Waals surface area contributed by atoms with Crippen molar-refractivity contribution in [2.45, 2.75) is 44.4 Å². The molecule has 2 rings (SSSR count). The number of nitrogens with one attached hydrogen (secondary N) is 1. The summed E-state index contributed by atoms with van der Waals surface area (Å²) in [5.41, 5.74) is 0.937. The van der Waals surface area contributed by atoms with Gasteiger partial charge in [0.25, 0.3) is 0 Å². The molecule has 2 atom stereocenters. The molecule has 1 aliphatic heterocycles. The quantitative estimate of drug-likeness (QED) is 0.832. The lowest BCUT2D eigenvalue weighted by atomic mass is 10.00. The number of aliphatic hydroxyl groups excluding tert-OH is 1. The number of benzene rings is 1.